The molecule has 2 heterocycles. The molecule has 3 rings (SSSR count). The Hall–Kier alpha value is -3.22. The Labute approximate surface area is 158 Å². The molecule has 1 atom stereocenters. The third-order valence-electron chi connectivity index (χ3n) is 4.24. The second-order valence-corrected chi connectivity index (χ2v) is 6.51. The van der Waals surface area contributed by atoms with Crippen LogP contribution in [-0.2, 0) is 12.8 Å². The molecule has 0 saturated carbocycles. The minimum absolute atomic E-state index is 0.0399. The highest BCUT2D eigenvalue weighted by Gasteiger charge is 2.11. The molecule has 2 amide bonds. The normalized spacial score (nSPS) is 11.8. The van der Waals surface area contributed by atoms with Crippen molar-refractivity contribution in [3.8, 4) is 11.4 Å². The van der Waals surface area contributed by atoms with Crippen molar-refractivity contribution in [2.24, 2.45) is 0 Å². The standard InChI is InChI=1S/C20H24N6O/c1-4-18-24-19(26-25-18)15-8-5-9-16(12-15)23-20(27)22-14(3)11-17-13(2)7-6-10-21-17/h5-10,12,14H,4,11H2,1-3H3,(H2,22,23,27)(H,24,25,26)/t14-/m0/s1. The van der Waals surface area contributed by atoms with E-state index in [4.69, 9.17) is 0 Å². The van der Waals surface area contributed by atoms with Crippen molar-refractivity contribution >= 4 is 11.7 Å². The summed E-state index contributed by atoms with van der Waals surface area (Å²) < 4.78 is 0. The van der Waals surface area contributed by atoms with Gasteiger partial charge in [-0.25, -0.2) is 9.78 Å². The van der Waals surface area contributed by atoms with Crippen LogP contribution in [0.2, 0.25) is 0 Å². The maximum atomic E-state index is 12.3. The van der Waals surface area contributed by atoms with Gasteiger partial charge in [-0.15, -0.1) is 0 Å². The van der Waals surface area contributed by atoms with E-state index in [2.05, 4.69) is 30.8 Å². The lowest BCUT2D eigenvalue weighted by atomic mass is 10.1. The largest absolute Gasteiger partial charge is 0.335 e. The predicted octanol–water partition coefficient (Wildman–Crippen LogP) is 3.49. The molecule has 0 aliphatic carbocycles. The molecular formula is C20H24N6O. The summed E-state index contributed by atoms with van der Waals surface area (Å²) in [4.78, 5) is 21.1. The van der Waals surface area contributed by atoms with Crippen LogP contribution in [0.15, 0.2) is 42.6 Å². The van der Waals surface area contributed by atoms with E-state index in [9.17, 15) is 4.79 Å². The zero-order valence-electron chi connectivity index (χ0n) is 15.8. The molecule has 27 heavy (non-hydrogen) atoms. The van der Waals surface area contributed by atoms with Crippen LogP contribution in [-0.4, -0.2) is 32.2 Å². The maximum Gasteiger partial charge on any atom is 0.319 e. The van der Waals surface area contributed by atoms with Crippen LogP contribution in [0.25, 0.3) is 11.4 Å². The Morgan fingerprint density at radius 2 is 2.11 bits per heavy atom. The number of pyridine rings is 1. The molecule has 0 unspecified atom stereocenters. The first-order valence-electron chi connectivity index (χ1n) is 9.05. The number of rotatable bonds is 6. The van der Waals surface area contributed by atoms with Gasteiger partial charge in [-0.3, -0.25) is 10.1 Å². The number of hydrogen-bond acceptors (Lipinski definition) is 4. The summed E-state index contributed by atoms with van der Waals surface area (Å²) in [6.45, 7) is 6.00. The lowest BCUT2D eigenvalue weighted by molar-refractivity contribution is 0.249. The number of aryl methyl sites for hydroxylation is 2. The lowest BCUT2D eigenvalue weighted by Gasteiger charge is -2.15. The van der Waals surface area contributed by atoms with Gasteiger partial charge >= 0.3 is 6.03 Å². The van der Waals surface area contributed by atoms with Gasteiger partial charge in [0.25, 0.3) is 0 Å². The van der Waals surface area contributed by atoms with Gasteiger partial charge in [-0.05, 0) is 37.6 Å². The van der Waals surface area contributed by atoms with Crippen LogP contribution in [0.4, 0.5) is 10.5 Å². The first kappa shape index (κ1) is 18.6. The quantitative estimate of drug-likeness (QED) is 0.624. The molecule has 0 bridgehead atoms. The first-order chi connectivity index (χ1) is 13.0. The Balaban J connectivity index is 1.60. The number of aromatic amines is 1. The lowest BCUT2D eigenvalue weighted by Crippen LogP contribution is -2.37. The van der Waals surface area contributed by atoms with Gasteiger partial charge in [0.2, 0.25) is 0 Å². The van der Waals surface area contributed by atoms with Crippen LogP contribution in [0.3, 0.4) is 0 Å². The first-order valence-corrected chi connectivity index (χ1v) is 9.05. The second-order valence-electron chi connectivity index (χ2n) is 6.51. The average molecular weight is 364 g/mol. The van der Waals surface area contributed by atoms with Crippen molar-refractivity contribution in [2.75, 3.05) is 5.32 Å². The fourth-order valence-electron chi connectivity index (χ4n) is 2.78. The van der Waals surface area contributed by atoms with E-state index < -0.39 is 0 Å². The van der Waals surface area contributed by atoms with Crippen molar-refractivity contribution in [3.05, 3.63) is 59.7 Å². The highest BCUT2D eigenvalue weighted by atomic mass is 16.2. The number of nitrogens with one attached hydrogen (secondary N) is 3. The third kappa shape index (κ3) is 4.91. The molecule has 7 heteroatoms. The van der Waals surface area contributed by atoms with Gasteiger partial charge in [0, 0.05) is 42.0 Å². The molecular weight excluding hydrogens is 340 g/mol. The molecule has 0 spiro atoms. The topological polar surface area (TPSA) is 95.6 Å². The minimum atomic E-state index is -0.252. The maximum absolute atomic E-state index is 12.3. The fourth-order valence-corrected chi connectivity index (χ4v) is 2.78. The summed E-state index contributed by atoms with van der Waals surface area (Å²) in [6.07, 6.45) is 3.24. The number of carbonyl (C=O) groups is 1. The minimum Gasteiger partial charge on any atom is -0.335 e. The van der Waals surface area contributed by atoms with Gasteiger partial charge in [-0.2, -0.15) is 5.10 Å². The number of aromatic nitrogens is 4. The SMILES string of the molecule is CCc1nc(-c2cccc(NC(=O)N[C@@H](C)Cc3ncccc3C)c2)n[nH]1. The van der Waals surface area contributed by atoms with Crippen LogP contribution >= 0.6 is 0 Å². The number of urea groups is 1. The van der Waals surface area contributed by atoms with Gasteiger partial charge in [0.05, 0.1) is 0 Å². The smallest absolute Gasteiger partial charge is 0.319 e. The van der Waals surface area contributed by atoms with E-state index in [-0.39, 0.29) is 12.1 Å². The predicted molar refractivity (Wildman–Crippen MR) is 105 cm³/mol. The molecule has 7 nitrogen and oxygen atoms in total. The number of hydrogen-bond donors (Lipinski definition) is 3. The molecule has 0 aliphatic rings. The Kier molecular flexibility index (Phi) is 5.80. The molecule has 0 radical (unpaired) electrons. The molecule has 3 aromatic rings. The van der Waals surface area contributed by atoms with Crippen LogP contribution in [0.5, 0.6) is 0 Å². The number of benzene rings is 1. The van der Waals surface area contributed by atoms with Crippen LogP contribution in [0.1, 0.15) is 30.9 Å². The average Bonchev–Trinajstić information content (AvgIpc) is 3.13. The van der Waals surface area contributed by atoms with Gasteiger partial charge in [0.1, 0.15) is 5.82 Å². The van der Waals surface area contributed by atoms with Crippen molar-refractivity contribution in [2.45, 2.75) is 39.7 Å². The zero-order chi connectivity index (χ0) is 19.2. The van der Waals surface area contributed by atoms with E-state index in [0.29, 0.717) is 17.9 Å². The number of nitrogens with zero attached hydrogens (tertiary/aromatic N) is 3. The van der Waals surface area contributed by atoms with Crippen molar-refractivity contribution in [1.82, 2.24) is 25.5 Å². The van der Waals surface area contributed by atoms with Crippen molar-refractivity contribution in [3.63, 3.8) is 0 Å². The molecule has 0 fully saturated rings. The van der Waals surface area contributed by atoms with E-state index in [0.717, 1.165) is 29.1 Å². The molecule has 140 valence electrons. The molecule has 0 aliphatic heterocycles. The summed E-state index contributed by atoms with van der Waals surface area (Å²) in [7, 11) is 0. The summed E-state index contributed by atoms with van der Waals surface area (Å²) >= 11 is 0. The second kappa shape index (κ2) is 8.44. The van der Waals surface area contributed by atoms with Crippen molar-refractivity contribution in [1.29, 1.82) is 0 Å². The fraction of sp³-hybridized carbons (Fsp3) is 0.300. The molecule has 2 aromatic heterocycles. The number of anilines is 1. The molecule has 0 saturated heterocycles. The number of amides is 2. The number of carbonyl (C=O) groups excluding carboxylic acids is 1. The zero-order valence-corrected chi connectivity index (χ0v) is 15.8. The molecule has 1 aromatic carbocycles. The van der Waals surface area contributed by atoms with Gasteiger partial charge in [0.15, 0.2) is 5.82 Å². The Bertz CT molecular complexity index is 920. The van der Waals surface area contributed by atoms with Gasteiger partial charge in [-0.1, -0.05) is 25.1 Å². The van der Waals surface area contributed by atoms with E-state index in [1.165, 1.54) is 0 Å². The van der Waals surface area contributed by atoms with Crippen LogP contribution < -0.4 is 10.6 Å². The molecule has 3 N–H and O–H groups in total. The summed E-state index contributed by atoms with van der Waals surface area (Å²) in [5, 5.41) is 12.9. The Morgan fingerprint density at radius 1 is 1.26 bits per heavy atom. The van der Waals surface area contributed by atoms with E-state index in [1.54, 1.807) is 6.20 Å². The number of H-pyrrole nitrogens is 1. The summed E-state index contributed by atoms with van der Waals surface area (Å²) in [6, 6.07) is 11.1. The summed E-state index contributed by atoms with van der Waals surface area (Å²) in [5.74, 6) is 1.45. The Morgan fingerprint density at radius 3 is 2.85 bits per heavy atom. The highest BCUT2D eigenvalue weighted by molar-refractivity contribution is 5.90. The van der Waals surface area contributed by atoms with E-state index >= 15 is 0 Å². The monoisotopic (exact) mass is 364 g/mol. The third-order valence-corrected chi connectivity index (χ3v) is 4.24. The van der Waals surface area contributed by atoms with E-state index in [1.807, 2.05) is 57.2 Å². The van der Waals surface area contributed by atoms with Crippen molar-refractivity contribution < 1.29 is 4.79 Å². The van der Waals surface area contributed by atoms with Gasteiger partial charge < -0.3 is 10.6 Å². The van der Waals surface area contributed by atoms with Crippen LogP contribution in [0, 0.1) is 6.92 Å². The highest BCUT2D eigenvalue weighted by Crippen LogP contribution is 2.19. The summed E-state index contributed by atoms with van der Waals surface area (Å²) in [5.41, 5.74) is 3.65.